The van der Waals surface area contributed by atoms with E-state index in [0.717, 1.165) is 24.2 Å². The summed E-state index contributed by atoms with van der Waals surface area (Å²) >= 11 is 0. The molecular weight excluding hydrogens is 216 g/mol. The van der Waals surface area contributed by atoms with Crippen LogP contribution in [0.4, 0.5) is 0 Å². The van der Waals surface area contributed by atoms with Gasteiger partial charge in [-0.05, 0) is 36.5 Å². The van der Waals surface area contributed by atoms with Crippen molar-refractivity contribution in [3.8, 4) is 5.75 Å². The number of hydrogen-bond acceptors (Lipinski definition) is 2. The van der Waals surface area contributed by atoms with Gasteiger partial charge in [0.1, 0.15) is 5.75 Å². The molecule has 1 saturated carbocycles. The van der Waals surface area contributed by atoms with E-state index >= 15 is 0 Å². The third kappa shape index (κ3) is 2.99. The Hall–Kier alpha value is -1.51. The molecular formula is C14H18O3. The minimum absolute atomic E-state index is 0.0162. The number of carbonyl (C=O) groups is 1. The minimum Gasteiger partial charge on any atom is -0.490 e. The first-order valence-electron chi connectivity index (χ1n) is 6.07. The van der Waals surface area contributed by atoms with Crippen LogP contribution in [0.3, 0.4) is 0 Å². The molecule has 0 saturated heterocycles. The third-order valence-electron chi connectivity index (χ3n) is 3.37. The number of rotatable bonds is 5. The summed E-state index contributed by atoms with van der Waals surface area (Å²) in [5.74, 6) is -0.227. The molecule has 1 aromatic rings. The second kappa shape index (κ2) is 4.78. The topological polar surface area (TPSA) is 46.5 Å². The number of benzene rings is 1. The maximum absolute atomic E-state index is 10.9. The van der Waals surface area contributed by atoms with Gasteiger partial charge in [0.15, 0.2) is 0 Å². The van der Waals surface area contributed by atoms with Gasteiger partial charge in [-0.2, -0.15) is 0 Å². The highest BCUT2D eigenvalue weighted by Crippen LogP contribution is 2.29. The van der Waals surface area contributed by atoms with E-state index in [9.17, 15) is 4.79 Å². The quantitative estimate of drug-likeness (QED) is 0.851. The molecule has 3 nitrogen and oxygen atoms in total. The summed E-state index contributed by atoms with van der Waals surface area (Å²) < 4.78 is 5.65. The van der Waals surface area contributed by atoms with Crippen LogP contribution in [0.1, 0.15) is 38.2 Å². The smallest absolute Gasteiger partial charge is 0.306 e. The first-order chi connectivity index (χ1) is 8.08. The predicted octanol–water partition coefficient (Wildman–Crippen LogP) is 3.05. The average molecular weight is 234 g/mol. The molecule has 0 heterocycles. The first kappa shape index (κ1) is 12.0. The summed E-state index contributed by atoms with van der Waals surface area (Å²) in [6.07, 6.45) is 2.69. The highest BCUT2D eigenvalue weighted by molar-refractivity contribution is 5.70. The molecule has 2 rings (SSSR count). The molecule has 2 unspecified atom stereocenters. The van der Waals surface area contributed by atoms with E-state index in [1.54, 1.807) is 6.92 Å². The summed E-state index contributed by atoms with van der Waals surface area (Å²) in [4.78, 5) is 10.9. The van der Waals surface area contributed by atoms with Gasteiger partial charge in [-0.1, -0.05) is 26.0 Å². The lowest BCUT2D eigenvalue weighted by atomic mass is 9.89. The van der Waals surface area contributed by atoms with Crippen LogP contribution in [0, 0.1) is 5.92 Å². The predicted molar refractivity (Wildman–Crippen MR) is 65.3 cm³/mol. The average Bonchev–Trinajstić information content (AvgIpc) is 3.12. The van der Waals surface area contributed by atoms with Crippen molar-refractivity contribution in [1.29, 1.82) is 0 Å². The van der Waals surface area contributed by atoms with Gasteiger partial charge >= 0.3 is 5.97 Å². The second-order valence-corrected chi connectivity index (χ2v) is 4.80. The summed E-state index contributed by atoms with van der Waals surface area (Å²) in [5.41, 5.74) is 1.04. The van der Waals surface area contributed by atoms with Gasteiger partial charge in [-0.15, -0.1) is 0 Å². The lowest BCUT2D eigenvalue weighted by Crippen LogP contribution is -2.16. The van der Waals surface area contributed by atoms with Gasteiger partial charge in [0.05, 0.1) is 12.0 Å². The summed E-state index contributed by atoms with van der Waals surface area (Å²) in [7, 11) is 0. The number of hydrogen-bond donors (Lipinski definition) is 1. The molecule has 0 amide bonds. The van der Waals surface area contributed by atoms with E-state index < -0.39 is 5.97 Å². The van der Waals surface area contributed by atoms with E-state index in [2.05, 4.69) is 0 Å². The molecule has 0 spiro atoms. The molecule has 1 aliphatic carbocycles. The molecule has 2 atom stereocenters. The Bertz CT molecular complexity index is 392. The minimum atomic E-state index is -0.754. The van der Waals surface area contributed by atoms with Crippen LogP contribution in [0.15, 0.2) is 24.3 Å². The molecule has 1 aliphatic rings. The lowest BCUT2D eigenvalue weighted by molar-refractivity contribution is -0.141. The van der Waals surface area contributed by atoms with Crippen LogP contribution in [-0.4, -0.2) is 17.2 Å². The van der Waals surface area contributed by atoms with Crippen LogP contribution < -0.4 is 4.74 Å². The number of aliphatic carboxylic acids is 1. The Morgan fingerprint density at radius 3 is 2.35 bits per heavy atom. The highest BCUT2D eigenvalue weighted by atomic mass is 16.5. The Morgan fingerprint density at radius 2 is 1.88 bits per heavy atom. The van der Waals surface area contributed by atoms with E-state index in [4.69, 9.17) is 9.84 Å². The molecule has 1 fully saturated rings. The fourth-order valence-electron chi connectivity index (χ4n) is 1.73. The van der Waals surface area contributed by atoms with Gasteiger partial charge in [0, 0.05) is 0 Å². The molecule has 1 aromatic carbocycles. The molecule has 0 aliphatic heterocycles. The highest BCUT2D eigenvalue weighted by Gasteiger charge is 2.24. The SMILES string of the molecule is CC(C(=O)O)C(C)c1ccc(OC2CC2)cc1. The first-order valence-corrected chi connectivity index (χ1v) is 6.07. The van der Waals surface area contributed by atoms with Crippen molar-refractivity contribution in [1.82, 2.24) is 0 Å². The van der Waals surface area contributed by atoms with E-state index in [-0.39, 0.29) is 11.8 Å². The summed E-state index contributed by atoms with van der Waals surface area (Å²) in [5, 5.41) is 8.97. The Balaban J connectivity index is 2.03. The van der Waals surface area contributed by atoms with Crippen LogP contribution >= 0.6 is 0 Å². The fraction of sp³-hybridized carbons (Fsp3) is 0.500. The molecule has 0 bridgehead atoms. The van der Waals surface area contributed by atoms with Crippen LogP contribution in [0.5, 0.6) is 5.75 Å². The van der Waals surface area contributed by atoms with Crippen molar-refractivity contribution in [2.75, 3.05) is 0 Å². The molecule has 0 radical (unpaired) electrons. The number of carboxylic acids is 1. The van der Waals surface area contributed by atoms with Gasteiger partial charge in [0.2, 0.25) is 0 Å². The van der Waals surface area contributed by atoms with E-state index in [0.29, 0.717) is 6.10 Å². The number of ether oxygens (including phenoxy) is 1. The van der Waals surface area contributed by atoms with E-state index in [1.807, 2.05) is 31.2 Å². The second-order valence-electron chi connectivity index (χ2n) is 4.80. The lowest BCUT2D eigenvalue weighted by Gasteiger charge is -2.16. The van der Waals surface area contributed by atoms with Crippen molar-refractivity contribution in [3.63, 3.8) is 0 Å². The summed E-state index contributed by atoms with van der Waals surface area (Å²) in [6, 6.07) is 7.78. The zero-order valence-corrected chi connectivity index (χ0v) is 10.2. The van der Waals surface area contributed by atoms with Gasteiger partial charge in [0.25, 0.3) is 0 Å². The molecule has 17 heavy (non-hydrogen) atoms. The van der Waals surface area contributed by atoms with Crippen LogP contribution in [0.2, 0.25) is 0 Å². The van der Waals surface area contributed by atoms with Gasteiger partial charge < -0.3 is 9.84 Å². The van der Waals surface area contributed by atoms with Crippen molar-refractivity contribution < 1.29 is 14.6 Å². The fourth-order valence-corrected chi connectivity index (χ4v) is 1.73. The van der Waals surface area contributed by atoms with Crippen molar-refractivity contribution >= 4 is 5.97 Å². The maximum Gasteiger partial charge on any atom is 0.306 e. The molecule has 1 N–H and O–H groups in total. The van der Waals surface area contributed by atoms with Crippen molar-refractivity contribution in [2.45, 2.75) is 38.7 Å². The third-order valence-corrected chi connectivity index (χ3v) is 3.37. The van der Waals surface area contributed by atoms with Gasteiger partial charge in [-0.25, -0.2) is 0 Å². The van der Waals surface area contributed by atoms with Crippen molar-refractivity contribution in [3.05, 3.63) is 29.8 Å². The van der Waals surface area contributed by atoms with Crippen molar-refractivity contribution in [2.24, 2.45) is 5.92 Å². The van der Waals surface area contributed by atoms with E-state index in [1.165, 1.54) is 0 Å². The number of carboxylic acid groups (broad SMARTS) is 1. The molecule has 0 aromatic heterocycles. The zero-order chi connectivity index (χ0) is 12.4. The Morgan fingerprint density at radius 1 is 1.29 bits per heavy atom. The monoisotopic (exact) mass is 234 g/mol. The standard InChI is InChI=1S/C14H18O3/c1-9(10(2)14(15)16)11-3-5-12(6-4-11)17-13-7-8-13/h3-6,9-10,13H,7-8H2,1-2H3,(H,15,16). The van der Waals surface area contributed by atoms with Crippen LogP contribution in [0.25, 0.3) is 0 Å². The summed E-state index contributed by atoms with van der Waals surface area (Å²) in [6.45, 7) is 3.68. The largest absolute Gasteiger partial charge is 0.490 e. The maximum atomic E-state index is 10.9. The molecule has 3 heteroatoms. The van der Waals surface area contributed by atoms with Crippen LogP contribution in [-0.2, 0) is 4.79 Å². The normalized spacial score (nSPS) is 18.5. The Labute approximate surface area is 101 Å². The zero-order valence-electron chi connectivity index (χ0n) is 10.2. The van der Waals surface area contributed by atoms with Gasteiger partial charge in [-0.3, -0.25) is 4.79 Å². The Kier molecular flexibility index (Phi) is 3.36. The molecule has 92 valence electrons.